The Labute approximate surface area is 125 Å². The van der Waals surface area contributed by atoms with Crippen LogP contribution in [-0.2, 0) is 11.3 Å². The molecule has 110 valence electrons. The quantitative estimate of drug-likeness (QED) is 0.905. The number of nitrogens with zero attached hydrogens (tertiary/aromatic N) is 1. The fourth-order valence-electron chi connectivity index (χ4n) is 3.22. The van der Waals surface area contributed by atoms with Crippen LogP contribution in [0.2, 0.25) is 0 Å². The summed E-state index contributed by atoms with van der Waals surface area (Å²) in [7, 11) is 0. The maximum atomic E-state index is 12.7. The van der Waals surface area contributed by atoms with E-state index in [9.17, 15) is 4.79 Å². The maximum Gasteiger partial charge on any atom is 0.224 e. The Hall–Kier alpha value is -0.870. The van der Waals surface area contributed by atoms with Gasteiger partial charge in [0.05, 0.1) is 0 Å². The lowest BCUT2D eigenvalue weighted by Gasteiger charge is -2.35. The lowest BCUT2D eigenvalue weighted by atomic mass is 9.80. The molecule has 20 heavy (non-hydrogen) atoms. The number of carbonyl (C=O) groups is 1. The second kappa shape index (κ2) is 5.86. The van der Waals surface area contributed by atoms with Gasteiger partial charge in [-0.3, -0.25) is 4.79 Å². The van der Waals surface area contributed by atoms with Gasteiger partial charge in [-0.25, -0.2) is 0 Å². The summed E-state index contributed by atoms with van der Waals surface area (Å²) < 4.78 is 0. The summed E-state index contributed by atoms with van der Waals surface area (Å²) in [6, 6.07) is 2.58. The molecule has 1 heterocycles. The summed E-state index contributed by atoms with van der Waals surface area (Å²) in [6.45, 7) is 0.767. The van der Waals surface area contributed by atoms with E-state index in [4.69, 9.17) is 5.73 Å². The van der Waals surface area contributed by atoms with Gasteiger partial charge in [0.25, 0.3) is 0 Å². The van der Waals surface area contributed by atoms with Gasteiger partial charge in [-0.05, 0) is 48.1 Å². The Morgan fingerprint density at radius 1 is 1.35 bits per heavy atom. The van der Waals surface area contributed by atoms with Gasteiger partial charge in [-0.1, -0.05) is 19.3 Å². The predicted octanol–water partition coefficient (Wildman–Crippen LogP) is 3.29. The molecule has 0 atom stereocenters. The molecule has 0 saturated heterocycles. The molecule has 2 aliphatic rings. The van der Waals surface area contributed by atoms with Gasteiger partial charge in [0, 0.05) is 24.5 Å². The van der Waals surface area contributed by atoms with Gasteiger partial charge in [-0.2, -0.15) is 11.3 Å². The number of nitrogens with two attached hydrogens (primary N) is 1. The lowest BCUT2D eigenvalue weighted by Crippen LogP contribution is -2.47. The largest absolute Gasteiger partial charge is 0.335 e. The minimum atomic E-state index is -0.239. The van der Waals surface area contributed by atoms with Gasteiger partial charge in [-0.15, -0.1) is 0 Å². The average molecular weight is 292 g/mol. The van der Waals surface area contributed by atoms with E-state index >= 15 is 0 Å². The molecular formula is C16H24N2OS. The summed E-state index contributed by atoms with van der Waals surface area (Å²) in [5.41, 5.74) is 7.46. The van der Waals surface area contributed by atoms with Gasteiger partial charge < -0.3 is 10.6 Å². The molecule has 1 aromatic rings. The third-order valence-electron chi connectivity index (χ3n) is 4.59. The molecule has 2 N–H and O–H groups in total. The maximum absolute atomic E-state index is 12.7. The first-order valence-electron chi connectivity index (χ1n) is 7.76. The van der Waals surface area contributed by atoms with Crippen LogP contribution in [0, 0.1) is 0 Å². The van der Waals surface area contributed by atoms with E-state index in [-0.39, 0.29) is 11.4 Å². The number of rotatable bonds is 5. The second-order valence-corrected chi connectivity index (χ2v) is 7.26. The zero-order valence-electron chi connectivity index (χ0n) is 12.0. The van der Waals surface area contributed by atoms with Gasteiger partial charge in [0.2, 0.25) is 5.91 Å². The van der Waals surface area contributed by atoms with Crippen molar-refractivity contribution < 1.29 is 4.79 Å². The van der Waals surface area contributed by atoms with Crippen molar-refractivity contribution in [2.75, 3.05) is 0 Å². The Morgan fingerprint density at radius 2 is 2.10 bits per heavy atom. The topological polar surface area (TPSA) is 46.3 Å². The zero-order chi connectivity index (χ0) is 14.0. The first-order chi connectivity index (χ1) is 9.66. The van der Waals surface area contributed by atoms with Crippen LogP contribution >= 0.6 is 11.3 Å². The Morgan fingerprint density at radius 3 is 2.70 bits per heavy atom. The fourth-order valence-corrected chi connectivity index (χ4v) is 3.88. The molecule has 0 spiro atoms. The summed E-state index contributed by atoms with van der Waals surface area (Å²) in [4.78, 5) is 14.7. The molecule has 0 aromatic carbocycles. The van der Waals surface area contributed by atoms with Crippen LogP contribution in [0.15, 0.2) is 16.8 Å². The molecule has 4 heteroatoms. The standard InChI is InChI=1S/C16H24N2OS/c17-16(7-2-1-3-8-16)10-15(19)18(14-4-5-14)11-13-6-9-20-12-13/h6,9,12,14H,1-5,7-8,10-11,17H2. The molecule has 0 aliphatic heterocycles. The number of amides is 1. The van der Waals surface area contributed by atoms with Crippen LogP contribution < -0.4 is 5.73 Å². The van der Waals surface area contributed by atoms with Crippen LogP contribution in [0.1, 0.15) is 56.9 Å². The third kappa shape index (κ3) is 3.41. The van der Waals surface area contributed by atoms with Gasteiger partial charge >= 0.3 is 0 Å². The molecule has 0 radical (unpaired) electrons. The first-order valence-corrected chi connectivity index (χ1v) is 8.70. The minimum Gasteiger partial charge on any atom is -0.335 e. The van der Waals surface area contributed by atoms with Crippen molar-refractivity contribution in [2.24, 2.45) is 5.73 Å². The molecule has 0 bridgehead atoms. The van der Waals surface area contributed by atoms with Crippen LogP contribution in [-0.4, -0.2) is 22.4 Å². The van der Waals surface area contributed by atoms with Gasteiger partial charge in [0.1, 0.15) is 0 Å². The van der Waals surface area contributed by atoms with Gasteiger partial charge in [0.15, 0.2) is 0 Å². The van der Waals surface area contributed by atoms with Crippen LogP contribution in [0.4, 0.5) is 0 Å². The summed E-state index contributed by atoms with van der Waals surface area (Å²) in [5.74, 6) is 0.267. The molecule has 2 saturated carbocycles. The number of hydrogen-bond acceptors (Lipinski definition) is 3. The van der Waals surface area contributed by atoms with E-state index in [1.54, 1.807) is 11.3 Å². The molecule has 1 aromatic heterocycles. The molecule has 0 unspecified atom stereocenters. The number of hydrogen-bond donors (Lipinski definition) is 1. The molecule has 2 aliphatic carbocycles. The highest BCUT2D eigenvalue weighted by molar-refractivity contribution is 7.07. The van der Waals surface area contributed by atoms with Crippen molar-refractivity contribution in [3.8, 4) is 0 Å². The molecule has 3 rings (SSSR count). The summed E-state index contributed by atoms with van der Waals surface area (Å²) >= 11 is 1.70. The molecular weight excluding hydrogens is 268 g/mol. The van der Waals surface area contributed by atoms with Crippen molar-refractivity contribution in [1.82, 2.24) is 4.90 Å². The zero-order valence-corrected chi connectivity index (χ0v) is 12.8. The van der Waals surface area contributed by atoms with E-state index < -0.39 is 0 Å². The highest BCUT2D eigenvalue weighted by atomic mass is 32.1. The SMILES string of the molecule is NC1(CC(=O)N(Cc2ccsc2)C2CC2)CCCCC1. The molecule has 3 nitrogen and oxygen atoms in total. The Kier molecular flexibility index (Phi) is 4.13. The Balaban J connectivity index is 1.63. The highest BCUT2D eigenvalue weighted by Gasteiger charge is 2.37. The van der Waals surface area contributed by atoms with E-state index in [2.05, 4.69) is 21.7 Å². The van der Waals surface area contributed by atoms with Crippen molar-refractivity contribution in [2.45, 2.75) is 69.5 Å². The number of carbonyl (C=O) groups excluding carboxylic acids is 1. The molecule has 2 fully saturated rings. The van der Waals surface area contributed by atoms with E-state index in [1.807, 2.05) is 0 Å². The van der Waals surface area contributed by atoms with E-state index in [0.29, 0.717) is 12.5 Å². The molecule has 1 amide bonds. The van der Waals surface area contributed by atoms with Crippen molar-refractivity contribution in [3.63, 3.8) is 0 Å². The van der Waals surface area contributed by atoms with Crippen molar-refractivity contribution >= 4 is 17.2 Å². The van der Waals surface area contributed by atoms with E-state index in [0.717, 1.165) is 32.2 Å². The summed E-state index contributed by atoms with van der Waals surface area (Å²) in [6.07, 6.45) is 8.50. The normalized spacial score (nSPS) is 21.6. The van der Waals surface area contributed by atoms with Crippen molar-refractivity contribution in [3.05, 3.63) is 22.4 Å². The highest BCUT2D eigenvalue weighted by Crippen LogP contribution is 2.33. The average Bonchev–Trinajstić information content (AvgIpc) is 3.13. The first kappa shape index (κ1) is 14.1. The number of thiophene rings is 1. The second-order valence-electron chi connectivity index (χ2n) is 6.48. The van der Waals surface area contributed by atoms with Crippen molar-refractivity contribution in [1.29, 1.82) is 0 Å². The predicted molar refractivity (Wildman–Crippen MR) is 82.5 cm³/mol. The monoisotopic (exact) mass is 292 g/mol. The van der Waals surface area contributed by atoms with Crippen LogP contribution in [0.3, 0.4) is 0 Å². The Bertz CT molecular complexity index is 447. The van der Waals surface area contributed by atoms with Crippen LogP contribution in [0.25, 0.3) is 0 Å². The third-order valence-corrected chi connectivity index (χ3v) is 5.33. The van der Waals surface area contributed by atoms with E-state index in [1.165, 1.54) is 24.8 Å². The fraction of sp³-hybridized carbons (Fsp3) is 0.688. The smallest absolute Gasteiger partial charge is 0.224 e. The minimum absolute atomic E-state index is 0.239. The summed E-state index contributed by atoms with van der Waals surface area (Å²) in [5, 5.41) is 4.22. The lowest BCUT2D eigenvalue weighted by molar-refractivity contribution is -0.134. The van der Waals surface area contributed by atoms with Crippen LogP contribution in [0.5, 0.6) is 0 Å².